The fourth-order valence-corrected chi connectivity index (χ4v) is 1.54. The van der Waals surface area contributed by atoms with Gasteiger partial charge in [0.25, 0.3) is 0 Å². The summed E-state index contributed by atoms with van der Waals surface area (Å²) in [7, 11) is 0. The zero-order valence-electron chi connectivity index (χ0n) is 16.0. The molecule has 0 heterocycles. The van der Waals surface area contributed by atoms with Crippen molar-refractivity contribution in [3.8, 4) is 0 Å². The first-order valence-electron chi connectivity index (χ1n) is 8.70. The van der Waals surface area contributed by atoms with Gasteiger partial charge in [-0.15, -0.1) is 0 Å². The first-order valence-corrected chi connectivity index (χ1v) is 8.70. The lowest BCUT2D eigenvalue weighted by Crippen LogP contribution is -2.34. The van der Waals surface area contributed by atoms with Crippen LogP contribution in [0.4, 0.5) is 0 Å². The molecule has 146 valence electrons. The summed E-state index contributed by atoms with van der Waals surface area (Å²) in [4.78, 5) is 11.4. The maximum Gasteiger partial charge on any atom is 0.313 e. The molecule has 24 heavy (non-hydrogen) atoms. The van der Waals surface area contributed by atoms with Gasteiger partial charge in [-0.05, 0) is 32.6 Å². The highest BCUT2D eigenvalue weighted by Crippen LogP contribution is 2.19. The van der Waals surface area contributed by atoms with Crippen LogP contribution in [-0.4, -0.2) is 59.4 Å². The Balaban J connectivity index is 0. The third kappa shape index (κ3) is 12.7. The van der Waals surface area contributed by atoms with Crippen LogP contribution < -0.4 is 0 Å². The molecule has 1 atom stereocenters. The van der Waals surface area contributed by atoms with Gasteiger partial charge in [0.05, 0.1) is 25.2 Å². The molecule has 6 nitrogen and oxygen atoms in total. The fourth-order valence-electron chi connectivity index (χ4n) is 1.54. The molecule has 0 fully saturated rings. The number of unbranched alkanes of at least 4 members (excludes halogenated alkanes) is 1. The minimum absolute atomic E-state index is 0.0418. The number of carbonyl (C=O) groups excluding carboxylic acids is 1. The van der Waals surface area contributed by atoms with Gasteiger partial charge in [0.1, 0.15) is 0 Å². The van der Waals surface area contributed by atoms with Gasteiger partial charge in [0.15, 0.2) is 0 Å². The van der Waals surface area contributed by atoms with Crippen molar-refractivity contribution in [1.82, 2.24) is 0 Å². The molecule has 0 aliphatic heterocycles. The van der Waals surface area contributed by atoms with Crippen LogP contribution in [0.1, 0.15) is 60.3 Å². The lowest BCUT2D eigenvalue weighted by atomic mass is 9.94. The molecule has 4 N–H and O–H groups in total. The Morgan fingerprint density at radius 3 is 1.96 bits per heavy atom. The van der Waals surface area contributed by atoms with Crippen LogP contribution >= 0.6 is 0 Å². The van der Waals surface area contributed by atoms with Crippen molar-refractivity contribution in [2.24, 2.45) is 16.7 Å². The Bertz CT molecular complexity index is 311. The number of hydrogen-bond acceptors (Lipinski definition) is 6. The predicted molar refractivity (Wildman–Crippen MR) is 94.5 cm³/mol. The first-order chi connectivity index (χ1) is 11.1. The van der Waals surface area contributed by atoms with Crippen molar-refractivity contribution >= 4 is 5.97 Å². The van der Waals surface area contributed by atoms with Crippen LogP contribution in [0, 0.1) is 16.7 Å². The molecule has 0 aliphatic carbocycles. The van der Waals surface area contributed by atoms with Crippen LogP contribution in [0.25, 0.3) is 0 Å². The number of aliphatic hydroxyl groups is 4. The molecule has 0 bridgehead atoms. The van der Waals surface area contributed by atoms with E-state index in [2.05, 4.69) is 6.92 Å². The normalized spacial score (nSPS) is 13.0. The summed E-state index contributed by atoms with van der Waals surface area (Å²) in [5.41, 5.74) is -1.30. The number of hydrogen-bond donors (Lipinski definition) is 4. The van der Waals surface area contributed by atoms with Gasteiger partial charge in [-0.3, -0.25) is 4.79 Å². The Kier molecular flexibility index (Phi) is 14.5. The molecule has 0 rings (SSSR count). The first kappa shape index (κ1) is 25.5. The third-order valence-electron chi connectivity index (χ3n) is 3.83. The van der Waals surface area contributed by atoms with E-state index >= 15 is 0 Å². The average Bonchev–Trinajstić information content (AvgIpc) is 2.57. The number of esters is 1. The fraction of sp³-hybridized carbons (Fsp3) is 0.944. The summed E-state index contributed by atoms with van der Waals surface area (Å²) in [6.45, 7) is 9.35. The Morgan fingerprint density at radius 2 is 1.58 bits per heavy atom. The van der Waals surface area contributed by atoms with Crippen molar-refractivity contribution < 1.29 is 30.0 Å². The zero-order chi connectivity index (χ0) is 19.2. The van der Waals surface area contributed by atoms with Crippen LogP contribution in [0.5, 0.6) is 0 Å². The van der Waals surface area contributed by atoms with Crippen molar-refractivity contribution in [3.05, 3.63) is 0 Å². The quantitative estimate of drug-likeness (QED) is 0.334. The molecular formula is C18H38O6. The van der Waals surface area contributed by atoms with E-state index in [9.17, 15) is 4.79 Å². The zero-order valence-corrected chi connectivity index (χ0v) is 16.0. The van der Waals surface area contributed by atoms with Gasteiger partial charge in [-0.25, -0.2) is 0 Å². The molecular weight excluding hydrogens is 312 g/mol. The van der Waals surface area contributed by atoms with Crippen LogP contribution in [0.2, 0.25) is 0 Å². The van der Waals surface area contributed by atoms with E-state index in [0.29, 0.717) is 12.5 Å². The van der Waals surface area contributed by atoms with Gasteiger partial charge in [-0.1, -0.05) is 33.6 Å². The van der Waals surface area contributed by atoms with E-state index in [1.54, 1.807) is 27.7 Å². The van der Waals surface area contributed by atoms with Gasteiger partial charge in [-0.2, -0.15) is 0 Å². The van der Waals surface area contributed by atoms with Crippen LogP contribution in [0.15, 0.2) is 0 Å². The number of carbonyl (C=O) groups is 1. The van der Waals surface area contributed by atoms with Crippen molar-refractivity contribution in [2.75, 3.05) is 33.0 Å². The van der Waals surface area contributed by atoms with E-state index in [1.807, 2.05) is 0 Å². The van der Waals surface area contributed by atoms with Crippen molar-refractivity contribution in [1.29, 1.82) is 0 Å². The molecule has 0 saturated heterocycles. The molecule has 0 saturated carbocycles. The second kappa shape index (κ2) is 13.6. The maximum atomic E-state index is 11.4. The topological polar surface area (TPSA) is 107 Å². The molecule has 0 amide bonds. The summed E-state index contributed by atoms with van der Waals surface area (Å²) in [6.07, 6.45) is 4.00. The molecule has 1 unspecified atom stereocenters. The SMILES string of the molecule is CC(C)(CO)COC(=O)C(C)(C)CO.CCC(CO)CCCCO. The Morgan fingerprint density at radius 1 is 1.00 bits per heavy atom. The summed E-state index contributed by atoms with van der Waals surface area (Å²) in [5, 5.41) is 35.1. The average molecular weight is 350 g/mol. The highest BCUT2D eigenvalue weighted by atomic mass is 16.5. The van der Waals surface area contributed by atoms with Crippen LogP contribution in [0.3, 0.4) is 0 Å². The van der Waals surface area contributed by atoms with Gasteiger partial charge >= 0.3 is 5.97 Å². The smallest absolute Gasteiger partial charge is 0.313 e. The summed E-state index contributed by atoms with van der Waals surface area (Å²) in [6, 6.07) is 0. The van der Waals surface area contributed by atoms with Crippen LogP contribution in [-0.2, 0) is 9.53 Å². The molecule has 6 heteroatoms. The summed E-state index contributed by atoms with van der Waals surface area (Å²) < 4.78 is 4.99. The van der Waals surface area contributed by atoms with E-state index < -0.39 is 16.8 Å². The minimum Gasteiger partial charge on any atom is -0.465 e. The Hall–Kier alpha value is -0.690. The van der Waals surface area contributed by atoms with Crippen molar-refractivity contribution in [3.63, 3.8) is 0 Å². The van der Waals surface area contributed by atoms with Crippen molar-refractivity contribution in [2.45, 2.75) is 60.3 Å². The number of rotatable bonds is 11. The highest BCUT2D eigenvalue weighted by molar-refractivity contribution is 5.76. The van der Waals surface area contributed by atoms with Gasteiger partial charge in [0.2, 0.25) is 0 Å². The molecule has 0 aliphatic rings. The molecule has 0 radical (unpaired) electrons. The monoisotopic (exact) mass is 350 g/mol. The molecule has 0 spiro atoms. The molecule has 0 aromatic rings. The minimum atomic E-state index is -0.870. The third-order valence-corrected chi connectivity index (χ3v) is 3.83. The van der Waals surface area contributed by atoms with E-state index in [1.165, 1.54) is 0 Å². The van der Waals surface area contributed by atoms with E-state index in [4.69, 9.17) is 25.2 Å². The summed E-state index contributed by atoms with van der Waals surface area (Å²) >= 11 is 0. The standard InChI is InChI=1S/C10H20O4.C8H18O2/c1-9(2,5-11)7-14-8(13)10(3,4)6-12;1-2-8(7-10)5-3-4-6-9/h11-12H,5-7H2,1-4H3;8-10H,2-7H2,1H3. The van der Waals surface area contributed by atoms with E-state index in [0.717, 1.165) is 25.7 Å². The maximum absolute atomic E-state index is 11.4. The lowest BCUT2D eigenvalue weighted by Gasteiger charge is -2.25. The highest BCUT2D eigenvalue weighted by Gasteiger charge is 2.30. The van der Waals surface area contributed by atoms with Gasteiger partial charge < -0.3 is 25.2 Å². The predicted octanol–water partition coefficient (Wildman–Crippen LogP) is 1.73. The number of aliphatic hydroxyl groups excluding tert-OH is 4. The van der Waals surface area contributed by atoms with Gasteiger partial charge in [0, 0.05) is 18.6 Å². The largest absolute Gasteiger partial charge is 0.465 e. The lowest BCUT2D eigenvalue weighted by molar-refractivity contribution is -0.159. The molecule has 0 aromatic carbocycles. The second-order valence-electron chi connectivity index (χ2n) is 7.62. The Labute approximate surface area is 146 Å². The molecule has 0 aromatic heterocycles. The summed E-state index contributed by atoms with van der Waals surface area (Å²) in [5.74, 6) is 0.00748. The second-order valence-corrected chi connectivity index (χ2v) is 7.62. The van der Waals surface area contributed by atoms with E-state index in [-0.39, 0.29) is 26.4 Å². The number of ether oxygens (including phenoxy) is 1.